The summed E-state index contributed by atoms with van der Waals surface area (Å²) >= 11 is 0. The second kappa shape index (κ2) is 5.01. The number of oxazole rings is 1. The standard InChI is InChI=1S/C14H18N2O3/c1-8(14(17)18)13(16(3)4)10-5-6-12-11(7-10)15-9(2)19-12/h5-8,13H,1-4H3,(H,17,18). The van der Waals surface area contributed by atoms with Crippen LogP contribution >= 0.6 is 0 Å². The maximum atomic E-state index is 11.2. The molecular formula is C14H18N2O3. The van der Waals surface area contributed by atoms with Crippen molar-refractivity contribution < 1.29 is 14.3 Å². The summed E-state index contributed by atoms with van der Waals surface area (Å²) in [5.74, 6) is -0.699. The van der Waals surface area contributed by atoms with Crippen LogP contribution in [0, 0.1) is 12.8 Å². The lowest BCUT2D eigenvalue weighted by atomic mass is 9.93. The van der Waals surface area contributed by atoms with Crippen LogP contribution in [0.2, 0.25) is 0 Å². The van der Waals surface area contributed by atoms with Crippen molar-refractivity contribution in [3.63, 3.8) is 0 Å². The van der Waals surface area contributed by atoms with Crippen molar-refractivity contribution in [1.82, 2.24) is 9.88 Å². The normalized spacial score (nSPS) is 14.8. The molecule has 5 nitrogen and oxygen atoms in total. The molecule has 19 heavy (non-hydrogen) atoms. The quantitative estimate of drug-likeness (QED) is 0.916. The first kappa shape index (κ1) is 13.5. The first-order valence-electron chi connectivity index (χ1n) is 6.16. The van der Waals surface area contributed by atoms with E-state index in [2.05, 4.69) is 4.98 Å². The maximum Gasteiger partial charge on any atom is 0.308 e. The number of carbonyl (C=O) groups is 1. The van der Waals surface area contributed by atoms with Crippen molar-refractivity contribution in [1.29, 1.82) is 0 Å². The van der Waals surface area contributed by atoms with Gasteiger partial charge in [0.05, 0.1) is 5.92 Å². The van der Waals surface area contributed by atoms with Gasteiger partial charge in [-0.2, -0.15) is 0 Å². The molecule has 0 aliphatic rings. The van der Waals surface area contributed by atoms with Crippen molar-refractivity contribution in [2.24, 2.45) is 5.92 Å². The lowest BCUT2D eigenvalue weighted by molar-refractivity contribution is -0.143. The molecule has 2 aromatic rings. The SMILES string of the molecule is Cc1nc2cc(C(C(C)C(=O)O)N(C)C)ccc2o1. The predicted octanol–water partition coefficient (Wildman–Crippen LogP) is 2.46. The Morgan fingerprint density at radius 1 is 1.42 bits per heavy atom. The first-order valence-corrected chi connectivity index (χ1v) is 6.16. The Bertz CT molecular complexity index is 604. The van der Waals surface area contributed by atoms with Crippen LogP contribution in [0.4, 0.5) is 0 Å². The van der Waals surface area contributed by atoms with Gasteiger partial charge in [-0.05, 0) is 31.8 Å². The van der Waals surface area contributed by atoms with Gasteiger partial charge in [-0.3, -0.25) is 4.79 Å². The van der Waals surface area contributed by atoms with E-state index in [0.717, 1.165) is 16.7 Å². The van der Waals surface area contributed by atoms with E-state index in [1.54, 1.807) is 13.8 Å². The molecule has 2 rings (SSSR count). The number of carboxylic acid groups (broad SMARTS) is 1. The van der Waals surface area contributed by atoms with Crippen molar-refractivity contribution >= 4 is 17.1 Å². The average molecular weight is 262 g/mol. The van der Waals surface area contributed by atoms with Crippen LogP contribution < -0.4 is 0 Å². The van der Waals surface area contributed by atoms with E-state index < -0.39 is 11.9 Å². The number of carboxylic acids is 1. The Kier molecular flexibility index (Phi) is 3.57. The molecule has 0 saturated carbocycles. The topological polar surface area (TPSA) is 66.6 Å². The minimum atomic E-state index is -0.810. The minimum absolute atomic E-state index is 0.195. The summed E-state index contributed by atoms with van der Waals surface area (Å²) in [7, 11) is 3.75. The molecule has 0 radical (unpaired) electrons. The van der Waals surface area contributed by atoms with Gasteiger partial charge in [-0.15, -0.1) is 0 Å². The van der Waals surface area contributed by atoms with Crippen molar-refractivity contribution in [3.05, 3.63) is 29.7 Å². The van der Waals surface area contributed by atoms with Crippen LogP contribution in [0.3, 0.4) is 0 Å². The zero-order valence-electron chi connectivity index (χ0n) is 11.5. The van der Waals surface area contributed by atoms with Crippen molar-refractivity contribution in [3.8, 4) is 0 Å². The lowest BCUT2D eigenvalue weighted by Gasteiger charge is -2.28. The maximum absolute atomic E-state index is 11.2. The number of hydrogen-bond donors (Lipinski definition) is 1. The fraction of sp³-hybridized carbons (Fsp3) is 0.429. The molecule has 0 amide bonds. The summed E-state index contributed by atoms with van der Waals surface area (Å²) in [5.41, 5.74) is 2.42. The zero-order valence-corrected chi connectivity index (χ0v) is 11.5. The van der Waals surface area contributed by atoms with Crippen molar-refractivity contribution in [2.75, 3.05) is 14.1 Å². The fourth-order valence-corrected chi connectivity index (χ4v) is 2.41. The molecule has 1 N–H and O–H groups in total. The molecule has 0 saturated heterocycles. The number of aliphatic carboxylic acids is 1. The lowest BCUT2D eigenvalue weighted by Crippen LogP contribution is -2.30. The van der Waals surface area contributed by atoms with E-state index >= 15 is 0 Å². The largest absolute Gasteiger partial charge is 0.481 e. The highest BCUT2D eigenvalue weighted by Gasteiger charge is 2.27. The predicted molar refractivity (Wildman–Crippen MR) is 72.0 cm³/mol. The van der Waals surface area contributed by atoms with E-state index in [9.17, 15) is 9.90 Å². The molecule has 5 heteroatoms. The number of aryl methyl sites for hydroxylation is 1. The molecule has 0 bridgehead atoms. The van der Waals surface area contributed by atoms with E-state index in [1.807, 2.05) is 37.2 Å². The van der Waals surface area contributed by atoms with Gasteiger partial charge in [0.1, 0.15) is 5.52 Å². The third-order valence-electron chi connectivity index (χ3n) is 3.28. The summed E-state index contributed by atoms with van der Waals surface area (Å²) in [6.07, 6.45) is 0. The molecule has 2 atom stereocenters. The van der Waals surface area contributed by atoms with Crippen molar-refractivity contribution in [2.45, 2.75) is 19.9 Å². The summed E-state index contributed by atoms with van der Waals surface area (Å²) in [5, 5.41) is 9.22. The highest BCUT2D eigenvalue weighted by Crippen LogP contribution is 2.29. The summed E-state index contributed by atoms with van der Waals surface area (Å²) in [6.45, 7) is 3.51. The molecule has 1 aromatic carbocycles. The van der Waals surface area contributed by atoms with Gasteiger partial charge in [-0.1, -0.05) is 13.0 Å². The third-order valence-corrected chi connectivity index (χ3v) is 3.28. The summed E-state index contributed by atoms with van der Waals surface area (Å²) in [4.78, 5) is 17.4. The van der Waals surface area contributed by atoms with E-state index in [4.69, 9.17) is 4.42 Å². The summed E-state index contributed by atoms with van der Waals surface area (Å²) in [6, 6.07) is 5.45. The molecule has 0 aliphatic heterocycles. The van der Waals surface area contributed by atoms with Gasteiger partial charge in [0, 0.05) is 13.0 Å². The number of rotatable bonds is 4. The number of nitrogens with zero attached hydrogens (tertiary/aromatic N) is 2. The molecular weight excluding hydrogens is 244 g/mol. The van der Waals surface area contributed by atoms with Gasteiger partial charge in [0.25, 0.3) is 0 Å². The Hall–Kier alpha value is -1.88. The van der Waals surface area contributed by atoms with Gasteiger partial charge >= 0.3 is 5.97 Å². The Labute approximate surface area is 111 Å². The Morgan fingerprint density at radius 2 is 2.11 bits per heavy atom. The highest BCUT2D eigenvalue weighted by molar-refractivity contribution is 5.75. The molecule has 102 valence electrons. The Morgan fingerprint density at radius 3 is 2.68 bits per heavy atom. The van der Waals surface area contributed by atoms with Crippen LogP contribution in [-0.2, 0) is 4.79 Å². The van der Waals surface area contributed by atoms with Crippen LogP contribution in [0.1, 0.15) is 24.4 Å². The van der Waals surface area contributed by atoms with Gasteiger partial charge in [-0.25, -0.2) is 4.98 Å². The van der Waals surface area contributed by atoms with Crippen LogP contribution in [0.5, 0.6) is 0 Å². The zero-order chi connectivity index (χ0) is 14.2. The molecule has 0 spiro atoms. The fourth-order valence-electron chi connectivity index (χ4n) is 2.41. The van der Waals surface area contributed by atoms with Gasteiger partial charge in [0.2, 0.25) is 0 Å². The molecule has 0 fully saturated rings. The van der Waals surface area contributed by atoms with Gasteiger partial charge < -0.3 is 14.4 Å². The minimum Gasteiger partial charge on any atom is -0.481 e. The highest BCUT2D eigenvalue weighted by atomic mass is 16.4. The molecule has 2 unspecified atom stereocenters. The molecule has 1 aromatic heterocycles. The Balaban J connectivity index is 2.46. The van der Waals surface area contributed by atoms with Crippen LogP contribution in [0.15, 0.2) is 22.6 Å². The monoisotopic (exact) mass is 262 g/mol. The average Bonchev–Trinajstić information content (AvgIpc) is 2.67. The second-order valence-electron chi connectivity index (χ2n) is 5.00. The van der Waals surface area contributed by atoms with Gasteiger partial charge in [0.15, 0.2) is 11.5 Å². The van der Waals surface area contributed by atoms with Crippen LogP contribution in [0.25, 0.3) is 11.1 Å². The first-order chi connectivity index (χ1) is 8.90. The van der Waals surface area contributed by atoms with E-state index in [1.165, 1.54) is 0 Å². The van der Waals surface area contributed by atoms with Crippen LogP contribution in [-0.4, -0.2) is 35.1 Å². The number of aromatic nitrogens is 1. The molecule has 1 heterocycles. The smallest absolute Gasteiger partial charge is 0.308 e. The van der Waals surface area contributed by atoms with E-state index in [0.29, 0.717) is 5.89 Å². The number of fused-ring (bicyclic) bond motifs is 1. The molecule has 0 aliphatic carbocycles. The third kappa shape index (κ3) is 2.61. The number of hydrogen-bond acceptors (Lipinski definition) is 4. The summed E-state index contributed by atoms with van der Waals surface area (Å²) < 4.78 is 5.43. The second-order valence-corrected chi connectivity index (χ2v) is 5.00. The number of benzene rings is 1. The van der Waals surface area contributed by atoms with E-state index in [-0.39, 0.29) is 6.04 Å².